The van der Waals surface area contributed by atoms with Gasteiger partial charge in [0.1, 0.15) is 0 Å². The summed E-state index contributed by atoms with van der Waals surface area (Å²) < 4.78 is 13.3. The van der Waals surface area contributed by atoms with Crippen LogP contribution in [0, 0.1) is 5.95 Å². The van der Waals surface area contributed by atoms with Gasteiger partial charge in [0.05, 0.1) is 5.56 Å². The summed E-state index contributed by atoms with van der Waals surface area (Å²) in [7, 11) is 0. The Morgan fingerprint density at radius 2 is 2.00 bits per heavy atom. The van der Waals surface area contributed by atoms with Crippen LogP contribution in [-0.4, -0.2) is 10.9 Å². The second-order valence-corrected chi connectivity index (χ2v) is 3.85. The van der Waals surface area contributed by atoms with Crippen molar-refractivity contribution in [1.82, 2.24) is 4.98 Å². The molecule has 0 saturated carbocycles. The summed E-state index contributed by atoms with van der Waals surface area (Å²) in [4.78, 5) is 15.2. The van der Waals surface area contributed by atoms with Gasteiger partial charge in [0, 0.05) is 11.9 Å². The smallest absolute Gasteiger partial charge is 0.260 e. The van der Waals surface area contributed by atoms with E-state index in [1.54, 1.807) is 12.1 Å². The molecule has 0 radical (unpaired) electrons. The van der Waals surface area contributed by atoms with Crippen LogP contribution in [0.5, 0.6) is 0 Å². The Balaban J connectivity index is 2.14. The van der Waals surface area contributed by atoms with Crippen molar-refractivity contribution in [2.75, 3.05) is 5.32 Å². The van der Waals surface area contributed by atoms with Gasteiger partial charge in [0.15, 0.2) is 0 Å². The second kappa shape index (κ2) is 5.40. The summed E-state index contributed by atoms with van der Waals surface area (Å²) in [5.41, 5.74) is 1.76. The zero-order chi connectivity index (χ0) is 13.0. The summed E-state index contributed by atoms with van der Waals surface area (Å²) in [6.07, 6.45) is 2.24. The van der Waals surface area contributed by atoms with Gasteiger partial charge in [-0.3, -0.25) is 4.79 Å². The fourth-order valence-electron chi connectivity index (χ4n) is 1.58. The van der Waals surface area contributed by atoms with Crippen LogP contribution in [0.25, 0.3) is 0 Å². The lowest BCUT2D eigenvalue weighted by molar-refractivity contribution is 0.102. The lowest BCUT2D eigenvalue weighted by atomic mass is 10.1. The minimum absolute atomic E-state index is 0.0583. The number of pyridine rings is 1. The van der Waals surface area contributed by atoms with Gasteiger partial charge in [-0.05, 0) is 36.2 Å². The van der Waals surface area contributed by atoms with Gasteiger partial charge in [-0.25, -0.2) is 4.98 Å². The molecule has 0 atom stereocenters. The minimum Gasteiger partial charge on any atom is -0.322 e. The molecule has 0 aliphatic carbocycles. The van der Waals surface area contributed by atoms with E-state index < -0.39 is 11.9 Å². The Kier molecular flexibility index (Phi) is 3.67. The maximum atomic E-state index is 13.3. The van der Waals surface area contributed by atoms with Gasteiger partial charge in [-0.15, -0.1) is 0 Å². The van der Waals surface area contributed by atoms with Crippen molar-refractivity contribution in [1.29, 1.82) is 0 Å². The molecule has 0 unspecified atom stereocenters. The molecule has 0 aliphatic heterocycles. The van der Waals surface area contributed by atoms with E-state index in [1.807, 2.05) is 12.1 Å². The summed E-state index contributed by atoms with van der Waals surface area (Å²) in [6.45, 7) is 2.05. The highest BCUT2D eigenvalue weighted by molar-refractivity contribution is 6.04. The number of nitrogens with one attached hydrogen (secondary N) is 1. The lowest BCUT2D eigenvalue weighted by Gasteiger charge is -2.06. The first-order valence-electron chi connectivity index (χ1n) is 5.71. The molecule has 1 heterocycles. The largest absolute Gasteiger partial charge is 0.322 e. The number of benzene rings is 1. The molecule has 1 aromatic heterocycles. The molecule has 0 fully saturated rings. The van der Waals surface area contributed by atoms with Crippen molar-refractivity contribution in [3.8, 4) is 0 Å². The summed E-state index contributed by atoms with van der Waals surface area (Å²) in [5.74, 6) is -1.26. The standard InChI is InChI=1S/C14H13FN2O/c1-2-10-5-7-11(8-6-10)17-14(18)12-4-3-9-16-13(12)15/h3-9H,2H2,1H3,(H,17,18). The third-order valence-corrected chi connectivity index (χ3v) is 2.62. The number of carbonyl (C=O) groups is 1. The quantitative estimate of drug-likeness (QED) is 0.843. The summed E-state index contributed by atoms with van der Waals surface area (Å²) in [6, 6.07) is 10.4. The molecule has 2 rings (SSSR count). The zero-order valence-corrected chi connectivity index (χ0v) is 9.98. The van der Waals surface area contributed by atoms with E-state index >= 15 is 0 Å². The van der Waals surface area contributed by atoms with Gasteiger partial charge < -0.3 is 5.32 Å². The van der Waals surface area contributed by atoms with Crippen LogP contribution < -0.4 is 5.32 Å². The molecule has 1 N–H and O–H groups in total. The first kappa shape index (κ1) is 12.2. The average Bonchev–Trinajstić information content (AvgIpc) is 2.40. The first-order valence-corrected chi connectivity index (χ1v) is 5.71. The Morgan fingerprint density at radius 3 is 2.61 bits per heavy atom. The van der Waals surface area contributed by atoms with Crippen LogP contribution >= 0.6 is 0 Å². The molecule has 1 amide bonds. The van der Waals surface area contributed by atoms with Crippen LogP contribution in [0.15, 0.2) is 42.6 Å². The van der Waals surface area contributed by atoms with E-state index in [4.69, 9.17) is 0 Å². The Hall–Kier alpha value is -2.23. The third-order valence-electron chi connectivity index (χ3n) is 2.62. The fraction of sp³-hybridized carbons (Fsp3) is 0.143. The molecule has 2 aromatic rings. The van der Waals surface area contributed by atoms with Crippen LogP contribution in [0.3, 0.4) is 0 Å². The Labute approximate surface area is 105 Å². The number of hydrogen-bond acceptors (Lipinski definition) is 2. The van der Waals surface area contributed by atoms with E-state index in [0.29, 0.717) is 5.69 Å². The monoisotopic (exact) mass is 244 g/mol. The van der Waals surface area contributed by atoms with Crippen molar-refractivity contribution >= 4 is 11.6 Å². The summed E-state index contributed by atoms with van der Waals surface area (Å²) >= 11 is 0. The number of aromatic nitrogens is 1. The van der Waals surface area contributed by atoms with Crippen LogP contribution in [0.4, 0.5) is 10.1 Å². The molecule has 0 aliphatic rings. The average molecular weight is 244 g/mol. The van der Waals surface area contributed by atoms with Crippen LogP contribution in [0.2, 0.25) is 0 Å². The van der Waals surface area contributed by atoms with Crippen molar-refractivity contribution in [3.63, 3.8) is 0 Å². The van der Waals surface area contributed by atoms with Crippen LogP contribution in [0.1, 0.15) is 22.8 Å². The van der Waals surface area contributed by atoms with Crippen molar-refractivity contribution in [2.24, 2.45) is 0 Å². The van der Waals surface area contributed by atoms with E-state index in [0.717, 1.165) is 6.42 Å². The predicted molar refractivity (Wildman–Crippen MR) is 68.0 cm³/mol. The Bertz CT molecular complexity index is 552. The van der Waals surface area contributed by atoms with Crippen molar-refractivity contribution in [3.05, 3.63) is 59.7 Å². The predicted octanol–water partition coefficient (Wildman–Crippen LogP) is 3.04. The van der Waals surface area contributed by atoms with E-state index in [9.17, 15) is 9.18 Å². The fourth-order valence-corrected chi connectivity index (χ4v) is 1.58. The maximum absolute atomic E-state index is 13.3. The number of nitrogens with zero attached hydrogens (tertiary/aromatic N) is 1. The van der Waals surface area contributed by atoms with Crippen molar-refractivity contribution in [2.45, 2.75) is 13.3 Å². The van der Waals surface area contributed by atoms with Gasteiger partial charge in [-0.1, -0.05) is 19.1 Å². The molecule has 18 heavy (non-hydrogen) atoms. The third kappa shape index (κ3) is 2.71. The van der Waals surface area contributed by atoms with E-state index in [-0.39, 0.29) is 5.56 Å². The van der Waals surface area contributed by atoms with E-state index in [2.05, 4.69) is 17.2 Å². The number of aryl methyl sites for hydroxylation is 1. The SMILES string of the molecule is CCc1ccc(NC(=O)c2cccnc2F)cc1. The molecule has 92 valence electrons. The number of carbonyl (C=O) groups excluding carboxylic acids is 1. The van der Waals surface area contributed by atoms with Gasteiger partial charge in [0.25, 0.3) is 5.91 Å². The number of rotatable bonds is 3. The van der Waals surface area contributed by atoms with Crippen LogP contribution in [-0.2, 0) is 6.42 Å². The highest BCUT2D eigenvalue weighted by Gasteiger charge is 2.11. The van der Waals surface area contributed by atoms with Crippen molar-refractivity contribution < 1.29 is 9.18 Å². The molecule has 1 aromatic carbocycles. The molecular weight excluding hydrogens is 231 g/mol. The zero-order valence-electron chi connectivity index (χ0n) is 9.98. The number of halogens is 1. The first-order chi connectivity index (χ1) is 8.70. The highest BCUT2D eigenvalue weighted by atomic mass is 19.1. The molecule has 4 heteroatoms. The second-order valence-electron chi connectivity index (χ2n) is 3.85. The highest BCUT2D eigenvalue weighted by Crippen LogP contribution is 2.12. The number of anilines is 1. The van der Waals surface area contributed by atoms with Gasteiger partial charge in [0.2, 0.25) is 5.95 Å². The Morgan fingerprint density at radius 1 is 1.28 bits per heavy atom. The van der Waals surface area contributed by atoms with Gasteiger partial charge >= 0.3 is 0 Å². The maximum Gasteiger partial charge on any atom is 0.260 e. The topological polar surface area (TPSA) is 42.0 Å². The molecular formula is C14H13FN2O. The molecule has 0 bridgehead atoms. The van der Waals surface area contributed by atoms with Gasteiger partial charge in [-0.2, -0.15) is 4.39 Å². The molecule has 0 spiro atoms. The number of amides is 1. The normalized spacial score (nSPS) is 10.1. The summed E-state index contributed by atoms with van der Waals surface area (Å²) in [5, 5.41) is 2.63. The molecule has 0 saturated heterocycles. The molecule has 3 nitrogen and oxygen atoms in total. The lowest BCUT2D eigenvalue weighted by Crippen LogP contribution is -2.14. The minimum atomic E-state index is -0.764. The number of hydrogen-bond donors (Lipinski definition) is 1. The van der Waals surface area contributed by atoms with E-state index in [1.165, 1.54) is 23.9 Å².